The Morgan fingerprint density at radius 1 is 1.59 bits per heavy atom. The number of hydrogen-bond acceptors (Lipinski definition) is 4. The normalized spacial score (nSPS) is 13.6. The van der Waals surface area contributed by atoms with Crippen LogP contribution in [0.2, 0.25) is 5.02 Å². The number of halogens is 1. The number of nitrogens with one attached hydrogen (secondary N) is 2. The molecule has 0 fully saturated rings. The lowest BCUT2D eigenvalue weighted by Gasteiger charge is -2.14. The highest BCUT2D eigenvalue weighted by molar-refractivity contribution is 7.89. The van der Waals surface area contributed by atoms with Crippen molar-refractivity contribution in [3.63, 3.8) is 0 Å². The zero-order valence-electron chi connectivity index (χ0n) is 9.10. The predicted octanol–water partition coefficient (Wildman–Crippen LogP) is 0.0775. The van der Waals surface area contributed by atoms with E-state index in [1.54, 1.807) is 6.92 Å². The summed E-state index contributed by atoms with van der Waals surface area (Å²) in [7, 11) is -3.79. The Kier molecular flexibility index (Phi) is 4.70. The van der Waals surface area contributed by atoms with Crippen LogP contribution < -0.4 is 10.3 Å². The highest BCUT2D eigenvalue weighted by Gasteiger charge is 2.19. The van der Waals surface area contributed by atoms with Gasteiger partial charge in [0.1, 0.15) is 5.02 Å². The molecule has 1 heterocycles. The Balaban J connectivity index is 3.05. The predicted molar refractivity (Wildman–Crippen MR) is 63.6 cm³/mol. The SMILES string of the molecule is CCC(CO)NS(=O)(=O)c1c[nH]c(=O)c(Cl)c1. The number of hydrogen-bond donors (Lipinski definition) is 3. The fourth-order valence-corrected chi connectivity index (χ4v) is 2.67. The summed E-state index contributed by atoms with van der Waals surface area (Å²) in [5, 5.41) is 8.72. The van der Waals surface area contributed by atoms with Crippen LogP contribution in [0.3, 0.4) is 0 Å². The highest BCUT2D eigenvalue weighted by Crippen LogP contribution is 2.11. The van der Waals surface area contributed by atoms with Gasteiger partial charge < -0.3 is 10.1 Å². The Morgan fingerprint density at radius 2 is 2.24 bits per heavy atom. The molecule has 6 nitrogen and oxygen atoms in total. The van der Waals surface area contributed by atoms with Crippen LogP contribution in [0.4, 0.5) is 0 Å². The van der Waals surface area contributed by atoms with Crippen LogP contribution in [0.1, 0.15) is 13.3 Å². The van der Waals surface area contributed by atoms with Gasteiger partial charge in [0, 0.05) is 12.2 Å². The first-order valence-electron chi connectivity index (χ1n) is 4.92. The Morgan fingerprint density at radius 3 is 2.71 bits per heavy atom. The van der Waals surface area contributed by atoms with E-state index in [1.807, 2.05) is 0 Å². The quantitative estimate of drug-likeness (QED) is 0.711. The molecule has 1 aromatic rings. The first-order chi connectivity index (χ1) is 7.90. The van der Waals surface area contributed by atoms with Crippen molar-refractivity contribution in [1.29, 1.82) is 0 Å². The van der Waals surface area contributed by atoms with E-state index in [1.165, 1.54) is 0 Å². The molecule has 1 rings (SSSR count). The lowest BCUT2D eigenvalue weighted by atomic mass is 10.3. The summed E-state index contributed by atoms with van der Waals surface area (Å²) in [5.41, 5.74) is -0.556. The third-order valence-electron chi connectivity index (χ3n) is 2.18. The minimum atomic E-state index is -3.79. The summed E-state index contributed by atoms with van der Waals surface area (Å²) in [6.45, 7) is 1.44. The zero-order chi connectivity index (χ0) is 13.1. The van der Waals surface area contributed by atoms with Gasteiger partial charge in [-0.2, -0.15) is 0 Å². The molecule has 0 saturated carbocycles. The second kappa shape index (κ2) is 5.63. The lowest BCUT2D eigenvalue weighted by Crippen LogP contribution is -2.37. The molecule has 0 aliphatic carbocycles. The van der Waals surface area contributed by atoms with Gasteiger partial charge in [0.15, 0.2) is 0 Å². The van der Waals surface area contributed by atoms with Crippen LogP contribution in [0, 0.1) is 0 Å². The lowest BCUT2D eigenvalue weighted by molar-refractivity contribution is 0.254. The van der Waals surface area contributed by atoms with Crippen molar-refractivity contribution in [2.75, 3.05) is 6.61 Å². The zero-order valence-corrected chi connectivity index (χ0v) is 10.7. The van der Waals surface area contributed by atoms with E-state index in [4.69, 9.17) is 16.7 Å². The fraction of sp³-hybridized carbons (Fsp3) is 0.444. The van der Waals surface area contributed by atoms with Gasteiger partial charge in [-0.1, -0.05) is 18.5 Å². The molecule has 0 spiro atoms. The van der Waals surface area contributed by atoms with Gasteiger partial charge in [0.25, 0.3) is 5.56 Å². The molecule has 0 aliphatic heterocycles. The summed E-state index contributed by atoms with van der Waals surface area (Å²) < 4.78 is 25.9. The molecule has 96 valence electrons. The average molecular weight is 281 g/mol. The molecule has 0 radical (unpaired) electrons. The van der Waals surface area contributed by atoms with Crippen LogP contribution in [0.15, 0.2) is 22.0 Å². The summed E-state index contributed by atoms with van der Waals surface area (Å²) in [6, 6.07) is 0.498. The molecule has 0 aliphatic rings. The molecule has 1 unspecified atom stereocenters. The number of sulfonamides is 1. The molecule has 1 atom stereocenters. The van der Waals surface area contributed by atoms with Crippen LogP contribution in [0.25, 0.3) is 0 Å². The Hall–Kier alpha value is -0.890. The second-order valence-electron chi connectivity index (χ2n) is 3.42. The Labute approximate surface area is 104 Å². The first kappa shape index (κ1) is 14.2. The molecule has 8 heteroatoms. The third kappa shape index (κ3) is 3.53. The maximum Gasteiger partial charge on any atom is 0.266 e. The minimum Gasteiger partial charge on any atom is -0.395 e. The maximum atomic E-state index is 11.8. The number of aliphatic hydroxyl groups excluding tert-OH is 1. The topological polar surface area (TPSA) is 99.3 Å². The van der Waals surface area contributed by atoms with Crippen LogP contribution in [0.5, 0.6) is 0 Å². The molecule has 0 saturated heterocycles. The summed E-state index contributed by atoms with van der Waals surface area (Å²) >= 11 is 5.54. The van der Waals surface area contributed by atoms with Crippen LogP contribution in [-0.4, -0.2) is 31.2 Å². The molecule has 0 amide bonds. The maximum absolute atomic E-state index is 11.8. The monoisotopic (exact) mass is 280 g/mol. The van der Waals surface area contributed by atoms with E-state index in [0.29, 0.717) is 6.42 Å². The van der Waals surface area contributed by atoms with Gasteiger partial charge in [-0.15, -0.1) is 0 Å². The number of pyridine rings is 1. The van der Waals surface area contributed by atoms with Crippen molar-refractivity contribution in [2.45, 2.75) is 24.3 Å². The first-order valence-corrected chi connectivity index (χ1v) is 6.78. The molecular weight excluding hydrogens is 268 g/mol. The van der Waals surface area contributed by atoms with Crippen molar-refractivity contribution >= 4 is 21.6 Å². The number of aromatic amines is 1. The van der Waals surface area contributed by atoms with Gasteiger partial charge in [0.05, 0.1) is 11.5 Å². The van der Waals surface area contributed by atoms with Crippen LogP contribution >= 0.6 is 11.6 Å². The fourth-order valence-electron chi connectivity index (χ4n) is 1.13. The second-order valence-corrected chi connectivity index (χ2v) is 5.54. The Bertz CT molecular complexity index is 536. The van der Waals surface area contributed by atoms with Gasteiger partial charge in [0.2, 0.25) is 10.0 Å². The van der Waals surface area contributed by atoms with Crippen LogP contribution in [-0.2, 0) is 10.0 Å². The highest BCUT2D eigenvalue weighted by atomic mass is 35.5. The molecule has 0 bridgehead atoms. The summed E-state index contributed by atoms with van der Waals surface area (Å²) in [6.07, 6.45) is 1.51. The van der Waals surface area contributed by atoms with E-state index in [-0.39, 0.29) is 16.5 Å². The summed E-state index contributed by atoms with van der Waals surface area (Å²) in [4.78, 5) is 13.1. The van der Waals surface area contributed by atoms with E-state index in [0.717, 1.165) is 12.3 Å². The number of rotatable bonds is 5. The van der Waals surface area contributed by atoms with Crippen molar-refractivity contribution in [3.8, 4) is 0 Å². The van der Waals surface area contributed by atoms with E-state index < -0.39 is 21.6 Å². The number of aromatic nitrogens is 1. The van der Waals surface area contributed by atoms with Gasteiger partial charge in [-0.3, -0.25) is 4.79 Å². The molecule has 17 heavy (non-hydrogen) atoms. The van der Waals surface area contributed by atoms with E-state index >= 15 is 0 Å². The smallest absolute Gasteiger partial charge is 0.266 e. The summed E-state index contributed by atoms with van der Waals surface area (Å²) in [5.74, 6) is 0. The van der Waals surface area contributed by atoms with Crippen molar-refractivity contribution in [1.82, 2.24) is 9.71 Å². The van der Waals surface area contributed by atoms with Gasteiger partial charge in [-0.05, 0) is 12.5 Å². The minimum absolute atomic E-state index is 0.144. The average Bonchev–Trinajstić information content (AvgIpc) is 2.29. The van der Waals surface area contributed by atoms with Gasteiger partial charge >= 0.3 is 0 Å². The van der Waals surface area contributed by atoms with Crippen molar-refractivity contribution < 1.29 is 13.5 Å². The molecule has 1 aromatic heterocycles. The van der Waals surface area contributed by atoms with Crippen molar-refractivity contribution in [2.24, 2.45) is 0 Å². The molecule has 3 N–H and O–H groups in total. The third-order valence-corrected chi connectivity index (χ3v) is 3.96. The molecular formula is C9H13ClN2O4S. The standard InChI is InChI=1S/C9H13ClN2O4S/c1-2-6(5-13)12-17(15,16)7-3-8(10)9(14)11-4-7/h3-4,6,12-13H,2,5H2,1H3,(H,11,14). The number of aliphatic hydroxyl groups is 1. The van der Waals surface area contributed by atoms with E-state index in [9.17, 15) is 13.2 Å². The van der Waals surface area contributed by atoms with Gasteiger partial charge in [-0.25, -0.2) is 13.1 Å². The largest absolute Gasteiger partial charge is 0.395 e. The molecule has 0 aromatic carbocycles. The number of H-pyrrole nitrogens is 1. The van der Waals surface area contributed by atoms with E-state index in [2.05, 4.69) is 9.71 Å². The van der Waals surface area contributed by atoms with Crippen molar-refractivity contribution in [3.05, 3.63) is 27.6 Å².